The van der Waals surface area contributed by atoms with Crippen LogP contribution in [0.5, 0.6) is 11.5 Å². The average Bonchev–Trinajstić information content (AvgIpc) is 2.60. The van der Waals surface area contributed by atoms with E-state index in [1.165, 1.54) is 0 Å². The van der Waals surface area contributed by atoms with Crippen molar-refractivity contribution in [1.29, 1.82) is 0 Å². The molecule has 6 heteroatoms. The number of halogens is 1. The van der Waals surface area contributed by atoms with Crippen LogP contribution in [0.4, 0.5) is 0 Å². The lowest BCUT2D eigenvalue weighted by Gasteiger charge is -2.13. The van der Waals surface area contributed by atoms with E-state index in [4.69, 9.17) is 15.2 Å². The van der Waals surface area contributed by atoms with Gasteiger partial charge >= 0.3 is 0 Å². The molecule has 0 bridgehead atoms. The third kappa shape index (κ3) is 5.44. The zero-order valence-corrected chi connectivity index (χ0v) is 14.6. The molecule has 0 aliphatic carbocycles. The van der Waals surface area contributed by atoms with Gasteiger partial charge in [-0.25, -0.2) is 0 Å². The first kappa shape index (κ1) is 19.8. The van der Waals surface area contributed by atoms with Crippen molar-refractivity contribution in [2.24, 2.45) is 5.73 Å². The Morgan fingerprint density at radius 2 is 1.71 bits per heavy atom. The molecule has 24 heavy (non-hydrogen) atoms. The lowest BCUT2D eigenvalue weighted by Crippen LogP contribution is -2.41. The Hall–Kier alpha value is -2.24. The van der Waals surface area contributed by atoms with Gasteiger partial charge in [-0.2, -0.15) is 0 Å². The molecule has 0 radical (unpaired) electrons. The van der Waals surface area contributed by atoms with Gasteiger partial charge in [-0.15, -0.1) is 12.4 Å². The summed E-state index contributed by atoms with van der Waals surface area (Å²) in [5.74, 6) is 1.11. The van der Waals surface area contributed by atoms with Crippen molar-refractivity contribution >= 4 is 18.3 Å². The van der Waals surface area contributed by atoms with Crippen LogP contribution in [-0.4, -0.2) is 26.2 Å². The standard InChI is InChI=1S/C18H22N2O3.ClH/c1-22-16-9-8-14(11-17(16)23-2)12-20-18(21)15(19)10-13-6-4-3-5-7-13;/h3-9,11,15H,10,12,19H2,1-2H3,(H,20,21);1H/t15-;/m0./s1. The summed E-state index contributed by atoms with van der Waals surface area (Å²) in [5.41, 5.74) is 7.92. The summed E-state index contributed by atoms with van der Waals surface area (Å²) in [6.07, 6.45) is 0.513. The van der Waals surface area contributed by atoms with Crippen LogP contribution in [0.25, 0.3) is 0 Å². The third-order valence-electron chi connectivity index (χ3n) is 3.55. The SMILES string of the molecule is COc1ccc(CNC(=O)[C@@H](N)Cc2ccccc2)cc1OC.Cl. The van der Waals surface area contributed by atoms with Crippen LogP contribution in [0.2, 0.25) is 0 Å². The maximum Gasteiger partial charge on any atom is 0.237 e. The molecular weight excluding hydrogens is 328 g/mol. The van der Waals surface area contributed by atoms with Gasteiger partial charge in [0.25, 0.3) is 0 Å². The summed E-state index contributed by atoms with van der Waals surface area (Å²) < 4.78 is 10.4. The Morgan fingerprint density at radius 3 is 2.33 bits per heavy atom. The fourth-order valence-corrected chi connectivity index (χ4v) is 2.27. The van der Waals surface area contributed by atoms with Gasteiger partial charge in [0.15, 0.2) is 11.5 Å². The van der Waals surface area contributed by atoms with E-state index in [-0.39, 0.29) is 18.3 Å². The van der Waals surface area contributed by atoms with E-state index in [0.29, 0.717) is 24.5 Å². The van der Waals surface area contributed by atoms with Crippen LogP contribution in [-0.2, 0) is 17.8 Å². The average molecular weight is 351 g/mol. The van der Waals surface area contributed by atoms with E-state index < -0.39 is 6.04 Å². The Kier molecular flexibility index (Phi) is 8.09. The van der Waals surface area contributed by atoms with Crippen molar-refractivity contribution < 1.29 is 14.3 Å². The van der Waals surface area contributed by atoms with Gasteiger partial charge in [0, 0.05) is 6.54 Å². The minimum absolute atomic E-state index is 0. The molecule has 0 saturated carbocycles. The minimum Gasteiger partial charge on any atom is -0.493 e. The first-order chi connectivity index (χ1) is 11.1. The van der Waals surface area contributed by atoms with Gasteiger partial charge in [0.05, 0.1) is 20.3 Å². The highest BCUT2D eigenvalue weighted by molar-refractivity contribution is 5.85. The van der Waals surface area contributed by atoms with E-state index in [9.17, 15) is 4.79 Å². The molecule has 0 spiro atoms. The van der Waals surface area contributed by atoms with Crippen LogP contribution < -0.4 is 20.5 Å². The summed E-state index contributed by atoms with van der Waals surface area (Å²) in [7, 11) is 3.16. The Morgan fingerprint density at radius 1 is 1.04 bits per heavy atom. The Balaban J connectivity index is 0.00000288. The van der Waals surface area contributed by atoms with Gasteiger partial charge in [-0.1, -0.05) is 36.4 Å². The van der Waals surface area contributed by atoms with Crippen molar-refractivity contribution in [2.45, 2.75) is 19.0 Å². The second kappa shape index (κ2) is 9.80. The fraction of sp³-hybridized carbons (Fsp3) is 0.278. The van der Waals surface area contributed by atoms with Crippen molar-refractivity contribution in [3.8, 4) is 11.5 Å². The third-order valence-corrected chi connectivity index (χ3v) is 3.55. The van der Waals surface area contributed by atoms with Gasteiger partial charge in [-0.3, -0.25) is 4.79 Å². The molecule has 0 aliphatic rings. The molecular formula is C18H23ClN2O3. The highest BCUT2D eigenvalue weighted by Gasteiger charge is 2.14. The molecule has 0 fully saturated rings. The molecule has 1 atom stereocenters. The molecule has 2 rings (SSSR count). The number of nitrogens with two attached hydrogens (primary N) is 1. The van der Waals surface area contributed by atoms with Crippen LogP contribution >= 0.6 is 12.4 Å². The lowest BCUT2D eigenvalue weighted by molar-refractivity contribution is -0.122. The number of benzene rings is 2. The highest BCUT2D eigenvalue weighted by Crippen LogP contribution is 2.27. The van der Waals surface area contributed by atoms with E-state index >= 15 is 0 Å². The van der Waals surface area contributed by atoms with E-state index in [0.717, 1.165) is 11.1 Å². The number of nitrogens with one attached hydrogen (secondary N) is 1. The molecule has 0 aromatic heterocycles. The zero-order chi connectivity index (χ0) is 16.7. The second-order valence-electron chi connectivity index (χ2n) is 5.20. The highest BCUT2D eigenvalue weighted by atomic mass is 35.5. The molecule has 3 N–H and O–H groups in total. The number of hydrogen-bond donors (Lipinski definition) is 2. The van der Waals surface area contributed by atoms with Crippen molar-refractivity contribution in [1.82, 2.24) is 5.32 Å². The first-order valence-electron chi connectivity index (χ1n) is 7.42. The van der Waals surface area contributed by atoms with Crippen LogP contribution in [0, 0.1) is 0 Å². The minimum atomic E-state index is -0.572. The number of hydrogen-bond acceptors (Lipinski definition) is 4. The van der Waals surface area contributed by atoms with Crippen molar-refractivity contribution in [3.05, 3.63) is 59.7 Å². The smallest absolute Gasteiger partial charge is 0.237 e. The Labute approximate surface area is 148 Å². The molecule has 0 aliphatic heterocycles. The maximum absolute atomic E-state index is 12.1. The van der Waals surface area contributed by atoms with Crippen molar-refractivity contribution in [2.75, 3.05) is 14.2 Å². The molecule has 0 heterocycles. The molecule has 5 nitrogen and oxygen atoms in total. The fourth-order valence-electron chi connectivity index (χ4n) is 2.27. The monoisotopic (exact) mass is 350 g/mol. The largest absolute Gasteiger partial charge is 0.493 e. The van der Waals surface area contributed by atoms with Crippen molar-refractivity contribution in [3.63, 3.8) is 0 Å². The molecule has 130 valence electrons. The normalized spacial score (nSPS) is 11.1. The summed E-state index contributed by atoms with van der Waals surface area (Å²) in [6.45, 7) is 0.391. The number of carbonyl (C=O) groups excluding carboxylic acids is 1. The van der Waals surface area contributed by atoms with E-state index in [1.54, 1.807) is 14.2 Å². The molecule has 0 unspecified atom stereocenters. The van der Waals surface area contributed by atoms with Crippen LogP contribution in [0.1, 0.15) is 11.1 Å². The zero-order valence-electron chi connectivity index (χ0n) is 13.8. The second-order valence-corrected chi connectivity index (χ2v) is 5.20. The first-order valence-corrected chi connectivity index (χ1v) is 7.42. The maximum atomic E-state index is 12.1. The topological polar surface area (TPSA) is 73.6 Å². The molecule has 2 aromatic rings. The van der Waals surface area contributed by atoms with E-state index in [1.807, 2.05) is 48.5 Å². The number of ether oxygens (including phenoxy) is 2. The number of rotatable bonds is 7. The predicted molar refractivity (Wildman–Crippen MR) is 96.8 cm³/mol. The summed E-state index contributed by atoms with van der Waals surface area (Å²) in [4.78, 5) is 12.1. The number of methoxy groups -OCH3 is 2. The van der Waals surface area contributed by atoms with Gasteiger partial charge in [-0.05, 0) is 29.7 Å². The Bertz CT molecular complexity index is 650. The van der Waals surface area contributed by atoms with Gasteiger partial charge in [0.2, 0.25) is 5.91 Å². The van der Waals surface area contributed by atoms with E-state index in [2.05, 4.69) is 5.32 Å². The number of carbonyl (C=O) groups is 1. The molecule has 1 amide bonds. The van der Waals surface area contributed by atoms with Crippen LogP contribution in [0.3, 0.4) is 0 Å². The molecule has 2 aromatic carbocycles. The van der Waals surface area contributed by atoms with Crippen LogP contribution in [0.15, 0.2) is 48.5 Å². The lowest BCUT2D eigenvalue weighted by atomic mass is 10.1. The molecule has 0 saturated heterocycles. The summed E-state index contributed by atoms with van der Waals surface area (Å²) in [6, 6.07) is 14.7. The number of amides is 1. The predicted octanol–water partition coefficient (Wildman–Crippen LogP) is 2.31. The van der Waals surface area contributed by atoms with Gasteiger partial charge < -0.3 is 20.5 Å². The summed E-state index contributed by atoms with van der Waals surface area (Å²) >= 11 is 0. The van der Waals surface area contributed by atoms with Gasteiger partial charge in [0.1, 0.15) is 0 Å². The summed E-state index contributed by atoms with van der Waals surface area (Å²) in [5, 5.41) is 2.85. The quantitative estimate of drug-likeness (QED) is 0.803.